The first kappa shape index (κ1) is 7.39. The van der Waals surface area contributed by atoms with Crippen LogP contribution in [-0.4, -0.2) is 16.1 Å². The maximum atomic E-state index is 11.1. The number of hydrogen-bond donors (Lipinski definition) is 1. The highest BCUT2D eigenvalue weighted by molar-refractivity contribution is 5.81. The number of amides is 1. The first-order chi connectivity index (χ1) is 5.33. The monoisotopic (exact) mass is 157 g/mol. The van der Waals surface area contributed by atoms with Gasteiger partial charge in [-0.25, -0.2) is 19.7 Å². The standard InChI is InChI=1S/C5H4FN3O2/c6-11-5(10)9-4-7-2-1-3-8-4/h1-3H,(H,7,8,9,10). The Kier molecular flexibility index (Phi) is 2.32. The van der Waals surface area contributed by atoms with Crippen LogP contribution in [0.5, 0.6) is 0 Å². The molecular formula is C5H4FN3O2. The van der Waals surface area contributed by atoms with Gasteiger partial charge in [0, 0.05) is 16.9 Å². The van der Waals surface area contributed by atoms with Gasteiger partial charge in [0.15, 0.2) is 0 Å². The Balaban J connectivity index is 2.58. The first-order valence-electron chi connectivity index (χ1n) is 2.69. The van der Waals surface area contributed by atoms with Crippen molar-refractivity contribution in [1.82, 2.24) is 9.97 Å². The Labute approximate surface area is 61.1 Å². The highest BCUT2D eigenvalue weighted by Gasteiger charge is 2.02. The predicted molar refractivity (Wildman–Crippen MR) is 33.2 cm³/mol. The van der Waals surface area contributed by atoms with E-state index in [4.69, 9.17) is 0 Å². The minimum absolute atomic E-state index is 0.00449. The second-order valence-corrected chi connectivity index (χ2v) is 1.56. The Morgan fingerprint density at radius 1 is 1.55 bits per heavy atom. The molecule has 58 valence electrons. The summed E-state index contributed by atoms with van der Waals surface area (Å²) in [5, 5.41) is 1.93. The fourth-order valence-corrected chi connectivity index (χ4v) is 0.474. The molecule has 1 rings (SSSR count). The Morgan fingerprint density at radius 2 is 2.18 bits per heavy atom. The Bertz CT molecular complexity index is 241. The van der Waals surface area contributed by atoms with Crippen LogP contribution in [0, 0.1) is 0 Å². The lowest BCUT2D eigenvalue weighted by molar-refractivity contribution is -0.0545. The van der Waals surface area contributed by atoms with Gasteiger partial charge in [-0.2, -0.15) is 0 Å². The molecule has 1 heterocycles. The number of nitrogens with zero attached hydrogens (tertiary/aromatic N) is 2. The van der Waals surface area contributed by atoms with Crippen LogP contribution >= 0.6 is 0 Å². The lowest BCUT2D eigenvalue weighted by Crippen LogP contribution is -2.11. The van der Waals surface area contributed by atoms with Gasteiger partial charge in [-0.1, -0.05) is 0 Å². The maximum absolute atomic E-state index is 11.1. The van der Waals surface area contributed by atoms with Gasteiger partial charge in [-0.3, -0.25) is 5.32 Å². The molecule has 1 aromatic rings. The van der Waals surface area contributed by atoms with Gasteiger partial charge in [-0.15, -0.1) is 0 Å². The topological polar surface area (TPSA) is 64.1 Å². The summed E-state index contributed by atoms with van der Waals surface area (Å²) >= 11 is 0. The molecule has 6 heteroatoms. The molecule has 0 bridgehead atoms. The van der Waals surface area contributed by atoms with Crippen molar-refractivity contribution in [2.24, 2.45) is 0 Å². The van der Waals surface area contributed by atoms with Gasteiger partial charge < -0.3 is 0 Å². The molecule has 1 aromatic heterocycles. The quantitative estimate of drug-likeness (QED) is 0.658. The van der Waals surface area contributed by atoms with E-state index in [0.29, 0.717) is 0 Å². The number of carbonyl (C=O) groups excluding carboxylic acids is 1. The van der Waals surface area contributed by atoms with Crippen LogP contribution in [0.3, 0.4) is 0 Å². The minimum atomic E-state index is -1.24. The molecule has 0 aromatic carbocycles. The summed E-state index contributed by atoms with van der Waals surface area (Å²) in [7, 11) is 0. The summed E-state index contributed by atoms with van der Waals surface area (Å²) in [4.78, 5) is 20.2. The van der Waals surface area contributed by atoms with Crippen molar-refractivity contribution in [2.75, 3.05) is 5.32 Å². The second kappa shape index (κ2) is 3.45. The molecule has 11 heavy (non-hydrogen) atoms. The molecule has 1 N–H and O–H groups in total. The average Bonchev–Trinajstić information content (AvgIpc) is 2.06. The lowest BCUT2D eigenvalue weighted by Gasteiger charge is -1.95. The third-order valence-corrected chi connectivity index (χ3v) is 0.850. The zero-order chi connectivity index (χ0) is 8.10. The van der Waals surface area contributed by atoms with Crippen LogP contribution < -0.4 is 5.32 Å². The normalized spacial score (nSPS) is 8.82. The number of carbonyl (C=O) groups is 1. The van der Waals surface area contributed by atoms with E-state index in [1.807, 2.05) is 5.32 Å². The Morgan fingerprint density at radius 3 is 2.73 bits per heavy atom. The van der Waals surface area contributed by atoms with E-state index >= 15 is 0 Å². The minimum Gasteiger partial charge on any atom is -0.257 e. The number of halogens is 1. The van der Waals surface area contributed by atoms with E-state index in [1.165, 1.54) is 12.4 Å². The molecule has 0 aliphatic carbocycles. The molecule has 0 unspecified atom stereocenters. The van der Waals surface area contributed by atoms with Crippen molar-refractivity contribution in [3.63, 3.8) is 0 Å². The lowest BCUT2D eigenvalue weighted by atomic mass is 10.7. The highest BCUT2D eigenvalue weighted by atomic mass is 19.3. The Hall–Kier alpha value is -1.72. The van der Waals surface area contributed by atoms with E-state index in [-0.39, 0.29) is 5.95 Å². The molecule has 5 nitrogen and oxygen atoms in total. The van der Waals surface area contributed by atoms with Crippen LogP contribution in [0.2, 0.25) is 0 Å². The smallest absolute Gasteiger partial charge is 0.257 e. The summed E-state index contributed by atoms with van der Waals surface area (Å²) in [6.07, 6.45) is 1.57. The molecule has 0 saturated carbocycles. The summed E-state index contributed by atoms with van der Waals surface area (Å²) in [5.74, 6) is -0.00449. The van der Waals surface area contributed by atoms with Crippen molar-refractivity contribution >= 4 is 12.0 Å². The first-order valence-corrected chi connectivity index (χ1v) is 2.69. The van der Waals surface area contributed by atoms with Crippen molar-refractivity contribution in [3.05, 3.63) is 18.5 Å². The number of anilines is 1. The van der Waals surface area contributed by atoms with Gasteiger partial charge in [0.1, 0.15) is 0 Å². The molecule has 0 aliphatic heterocycles. The SMILES string of the molecule is O=C(Nc1ncccn1)OF. The van der Waals surface area contributed by atoms with Gasteiger partial charge in [0.05, 0.1) is 0 Å². The van der Waals surface area contributed by atoms with E-state index in [1.54, 1.807) is 6.07 Å². The third-order valence-electron chi connectivity index (χ3n) is 0.850. The zero-order valence-corrected chi connectivity index (χ0v) is 5.32. The number of rotatable bonds is 1. The van der Waals surface area contributed by atoms with E-state index in [9.17, 15) is 9.32 Å². The molecular weight excluding hydrogens is 153 g/mol. The van der Waals surface area contributed by atoms with Crippen molar-refractivity contribution in [3.8, 4) is 0 Å². The van der Waals surface area contributed by atoms with Crippen molar-refractivity contribution in [2.45, 2.75) is 0 Å². The third kappa shape index (κ3) is 2.17. The summed E-state index contributed by atoms with van der Waals surface area (Å²) in [6.45, 7) is 0. The molecule has 0 fully saturated rings. The summed E-state index contributed by atoms with van der Waals surface area (Å²) < 4.78 is 11.1. The highest BCUT2D eigenvalue weighted by Crippen LogP contribution is 1.94. The fraction of sp³-hybridized carbons (Fsp3) is 0. The maximum Gasteiger partial charge on any atom is 0.451 e. The predicted octanol–water partition coefficient (Wildman–Crippen LogP) is 0.910. The van der Waals surface area contributed by atoms with E-state index in [2.05, 4.69) is 14.9 Å². The van der Waals surface area contributed by atoms with Crippen LogP contribution in [0.4, 0.5) is 15.3 Å². The van der Waals surface area contributed by atoms with Gasteiger partial charge in [-0.05, 0) is 6.07 Å². The fourth-order valence-electron chi connectivity index (χ4n) is 0.474. The molecule has 0 atom stereocenters. The molecule has 0 saturated heterocycles. The van der Waals surface area contributed by atoms with Gasteiger partial charge in [0.25, 0.3) is 0 Å². The van der Waals surface area contributed by atoms with Gasteiger partial charge in [0.2, 0.25) is 5.95 Å². The van der Waals surface area contributed by atoms with E-state index < -0.39 is 6.09 Å². The second-order valence-electron chi connectivity index (χ2n) is 1.56. The molecule has 1 amide bonds. The summed E-state index contributed by atoms with van der Waals surface area (Å²) in [6, 6.07) is 1.56. The summed E-state index contributed by atoms with van der Waals surface area (Å²) in [5.41, 5.74) is 0. The van der Waals surface area contributed by atoms with Crippen LogP contribution in [0.25, 0.3) is 0 Å². The number of aromatic nitrogens is 2. The van der Waals surface area contributed by atoms with Crippen LogP contribution in [-0.2, 0) is 4.94 Å². The van der Waals surface area contributed by atoms with E-state index in [0.717, 1.165) is 0 Å². The zero-order valence-electron chi connectivity index (χ0n) is 5.32. The van der Waals surface area contributed by atoms with Crippen LogP contribution in [0.1, 0.15) is 0 Å². The van der Waals surface area contributed by atoms with Crippen molar-refractivity contribution in [1.29, 1.82) is 0 Å². The number of hydrogen-bond acceptors (Lipinski definition) is 4. The van der Waals surface area contributed by atoms with Crippen molar-refractivity contribution < 1.29 is 14.3 Å². The number of nitrogens with one attached hydrogen (secondary N) is 1. The molecule has 0 spiro atoms. The largest absolute Gasteiger partial charge is 0.451 e. The average molecular weight is 157 g/mol. The molecule has 0 aliphatic rings. The molecule has 0 radical (unpaired) electrons. The van der Waals surface area contributed by atoms with Crippen LogP contribution in [0.15, 0.2) is 18.5 Å². The van der Waals surface area contributed by atoms with Gasteiger partial charge >= 0.3 is 6.09 Å².